The molecule has 0 aromatic heterocycles. The predicted octanol–water partition coefficient (Wildman–Crippen LogP) is 1.29. The molecule has 1 aliphatic carbocycles. The number of anilines is 1. The molecule has 8 nitrogen and oxygen atoms in total. The number of benzene rings is 2. The maximum atomic E-state index is 11.4. The highest BCUT2D eigenvalue weighted by Crippen LogP contribution is 2.19. The molecule has 0 saturated carbocycles. The Bertz CT molecular complexity index is 920. The fourth-order valence-electron chi connectivity index (χ4n) is 2.29. The average Bonchev–Trinajstić information content (AvgIpc) is 2.71. The van der Waals surface area contributed by atoms with Crippen LogP contribution in [0.3, 0.4) is 0 Å². The SMILES string of the molecule is Nc1ccccc1C(=O)OCC(O)CO.O=C1C=C(O)C(=O)c2ccccc21. The van der Waals surface area contributed by atoms with Crippen molar-refractivity contribution in [2.24, 2.45) is 0 Å². The first-order valence-electron chi connectivity index (χ1n) is 8.24. The number of Topliss-reactive ketones (excluding diaryl/α,β-unsaturated/α-hetero) is 1. The van der Waals surface area contributed by atoms with Crippen molar-refractivity contribution in [3.63, 3.8) is 0 Å². The van der Waals surface area contributed by atoms with Gasteiger partial charge in [-0.25, -0.2) is 4.79 Å². The van der Waals surface area contributed by atoms with Crippen molar-refractivity contribution in [3.8, 4) is 0 Å². The summed E-state index contributed by atoms with van der Waals surface area (Å²) in [5.41, 5.74) is 6.74. The van der Waals surface area contributed by atoms with Crippen LogP contribution in [0.4, 0.5) is 5.69 Å². The number of ether oxygens (including phenoxy) is 1. The van der Waals surface area contributed by atoms with E-state index in [1.807, 2.05) is 0 Å². The number of esters is 1. The molecule has 28 heavy (non-hydrogen) atoms. The van der Waals surface area contributed by atoms with Crippen molar-refractivity contribution < 1.29 is 34.4 Å². The van der Waals surface area contributed by atoms with Gasteiger partial charge in [-0.2, -0.15) is 0 Å². The van der Waals surface area contributed by atoms with E-state index >= 15 is 0 Å². The maximum absolute atomic E-state index is 11.4. The van der Waals surface area contributed by atoms with Gasteiger partial charge in [-0.05, 0) is 12.1 Å². The molecule has 8 heteroatoms. The molecular weight excluding hydrogens is 366 g/mol. The number of aliphatic hydroxyl groups is 3. The number of ketones is 2. The molecule has 0 amide bonds. The highest BCUT2D eigenvalue weighted by Gasteiger charge is 2.24. The normalized spacial score (nSPS) is 13.6. The van der Waals surface area contributed by atoms with Gasteiger partial charge >= 0.3 is 5.97 Å². The number of allylic oxidation sites excluding steroid dienone is 2. The number of nitrogens with two attached hydrogens (primary N) is 1. The van der Waals surface area contributed by atoms with Crippen LogP contribution in [0.2, 0.25) is 0 Å². The van der Waals surface area contributed by atoms with Crippen molar-refractivity contribution in [2.45, 2.75) is 6.10 Å². The summed E-state index contributed by atoms with van der Waals surface area (Å²) >= 11 is 0. The van der Waals surface area contributed by atoms with Gasteiger partial charge in [-0.15, -0.1) is 0 Å². The highest BCUT2D eigenvalue weighted by molar-refractivity contribution is 6.23. The summed E-state index contributed by atoms with van der Waals surface area (Å²) in [6.07, 6.45) is -0.108. The monoisotopic (exact) mass is 385 g/mol. The molecule has 1 aliphatic rings. The number of para-hydroxylation sites is 1. The first kappa shape index (κ1) is 20.8. The number of carbonyl (C=O) groups is 3. The lowest BCUT2D eigenvalue weighted by atomic mass is 9.94. The third-order valence-corrected chi connectivity index (χ3v) is 3.74. The molecule has 0 bridgehead atoms. The average molecular weight is 385 g/mol. The van der Waals surface area contributed by atoms with E-state index in [1.54, 1.807) is 36.4 Å². The van der Waals surface area contributed by atoms with E-state index in [0.29, 0.717) is 11.3 Å². The van der Waals surface area contributed by atoms with Crippen LogP contribution in [0.1, 0.15) is 31.1 Å². The number of hydrogen-bond donors (Lipinski definition) is 4. The van der Waals surface area contributed by atoms with Gasteiger partial charge in [0.2, 0.25) is 5.78 Å². The Morgan fingerprint density at radius 3 is 2.29 bits per heavy atom. The summed E-state index contributed by atoms with van der Waals surface area (Å²) in [5, 5.41) is 26.6. The second-order valence-corrected chi connectivity index (χ2v) is 5.79. The van der Waals surface area contributed by atoms with Gasteiger partial charge in [-0.3, -0.25) is 9.59 Å². The Morgan fingerprint density at radius 2 is 1.64 bits per heavy atom. The van der Waals surface area contributed by atoms with Crippen molar-refractivity contribution in [2.75, 3.05) is 18.9 Å². The second kappa shape index (κ2) is 9.45. The molecule has 1 atom stereocenters. The number of aliphatic hydroxyl groups excluding tert-OH is 3. The number of fused-ring (bicyclic) bond motifs is 1. The van der Waals surface area contributed by atoms with Crippen LogP contribution in [0.25, 0.3) is 0 Å². The molecule has 2 aromatic carbocycles. The Morgan fingerprint density at radius 1 is 1.04 bits per heavy atom. The molecule has 0 fully saturated rings. The van der Waals surface area contributed by atoms with Crippen molar-refractivity contribution in [3.05, 3.63) is 77.1 Å². The molecular formula is C20H19NO7. The largest absolute Gasteiger partial charge is 0.504 e. The summed E-state index contributed by atoms with van der Waals surface area (Å²) in [6.45, 7) is -0.693. The molecule has 0 aliphatic heterocycles. The van der Waals surface area contributed by atoms with E-state index in [0.717, 1.165) is 6.08 Å². The lowest BCUT2D eigenvalue weighted by molar-refractivity contribution is 0.00941. The Labute approximate surface area is 160 Å². The van der Waals surface area contributed by atoms with E-state index in [9.17, 15) is 14.4 Å². The quantitative estimate of drug-likeness (QED) is 0.455. The van der Waals surface area contributed by atoms with Crippen LogP contribution < -0.4 is 5.73 Å². The van der Waals surface area contributed by atoms with Gasteiger partial charge in [0.1, 0.15) is 12.7 Å². The van der Waals surface area contributed by atoms with E-state index in [4.69, 9.17) is 25.8 Å². The van der Waals surface area contributed by atoms with Crippen LogP contribution in [-0.2, 0) is 4.74 Å². The molecule has 5 N–H and O–H groups in total. The molecule has 2 aromatic rings. The number of nitrogen functional groups attached to an aromatic ring is 1. The van der Waals surface area contributed by atoms with Gasteiger partial charge in [0, 0.05) is 22.9 Å². The molecule has 0 heterocycles. The van der Waals surface area contributed by atoms with Crippen LogP contribution in [0.15, 0.2) is 60.4 Å². The third-order valence-electron chi connectivity index (χ3n) is 3.74. The van der Waals surface area contributed by atoms with E-state index < -0.39 is 30.2 Å². The maximum Gasteiger partial charge on any atom is 0.340 e. The summed E-state index contributed by atoms with van der Waals surface area (Å²) < 4.78 is 4.73. The second-order valence-electron chi connectivity index (χ2n) is 5.79. The molecule has 146 valence electrons. The lowest BCUT2D eigenvalue weighted by Crippen LogP contribution is -2.22. The zero-order chi connectivity index (χ0) is 20.7. The van der Waals surface area contributed by atoms with E-state index in [2.05, 4.69) is 0 Å². The van der Waals surface area contributed by atoms with Crippen LogP contribution in [0, 0.1) is 0 Å². The smallest absolute Gasteiger partial charge is 0.340 e. The van der Waals surface area contributed by atoms with Crippen molar-refractivity contribution in [1.82, 2.24) is 0 Å². The minimum atomic E-state index is -1.06. The lowest BCUT2D eigenvalue weighted by Gasteiger charge is -2.09. The molecule has 0 spiro atoms. The summed E-state index contributed by atoms with van der Waals surface area (Å²) in [5.74, 6) is -1.91. The van der Waals surface area contributed by atoms with Crippen LogP contribution in [0.5, 0.6) is 0 Å². The fraction of sp³-hybridized carbons (Fsp3) is 0.150. The minimum Gasteiger partial charge on any atom is -0.504 e. The van der Waals surface area contributed by atoms with Crippen LogP contribution in [-0.4, -0.2) is 52.2 Å². The highest BCUT2D eigenvalue weighted by atomic mass is 16.5. The molecule has 0 radical (unpaired) electrons. The van der Waals surface area contributed by atoms with E-state index in [1.165, 1.54) is 12.1 Å². The number of carbonyl (C=O) groups excluding carboxylic acids is 3. The van der Waals surface area contributed by atoms with Gasteiger partial charge in [-0.1, -0.05) is 36.4 Å². The summed E-state index contributed by atoms with van der Waals surface area (Å²) in [4.78, 5) is 33.9. The van der Waals surface area contributed by atoms with Gasteiger partial charge in [0.15, 0.2) is 11.5 Å². The number of hydrogen-bond acceptors (Lipinski definition) is 8. The standard InChI is InChI=1S/C10H13NO4.C10H6O3/c11-9-4-2-1-3-8(9)10(14)15-6-7(13)5-12;11-8-5-9(12)10(13)7-4-2-1-3-6(7)8/h1-4,7,12-13H,5-6,11H2;1-5,12H. The minimum absolute atomic E-state index is 0.246. The third kappa shape index (κ3) is 5.03. The topological polar surface area (TPSA) is 147 Å². The molecule has 1 unspecified atom stereocenters. The Kier molecular flexibility index (Phi) is 7.02. The zero-order valence-electron chi connectivity index (χ0n) is 14.7. The van der Waals surface area contributed by atoms with Gasteiger partial charge in [0.25, 0.3) is 0 Å². The molecule has 3 rings (SSSR count). The molecule has 0 saturated heterocycles. The number of rotatable bonds is 4. The first-order valence-corrected chi connectivity index (χ1v) is 8.24. The summed E-state index contributed by atoms with van der Waals surface area (Å²) in [7, 11) is 0. The summed E-state index contributed by atoms with van der Waals surface area (Å²) in [6, 6.07) is 12.9. The van der Waals surface area contributed by atoms with E-state index in [-0.39, 0.29) is 23.5 Å². The van der Waals surface area contributed by atoms with Crippen molar-refractivity contribution in [1.29, 1.82) is 0 Å². The van der Waals surface area contributed by atoms with Crippen molar-refractivity contribution >= 4 is 23.2 Å². The first-order chi connectivity index (χ1) is 13.3. The van der Waals surface area contributed by atoms with Crippen LogP contribution >= 0.6 is 0 Å². The zero-order valence-corrected chi connectivity index (χ0v) is 14.7. The Balaban J connectivity index is 0.000000202. The fourth-order valence-corrected chi connectivity index (χ4v) is 2.29. The van der Waals surface area contributed by atoms with Gasteiger partial charge < -0.3 is 25.8 Å². The van der Waals surface area contributed by atoms with Gasteiger partial charge in [0.05, 0.1) is 12.2 Å². The predicted molar refractivity (Wildman–Crippen MR) is 100 cm³/mol. The Hall–Kier alpha value is -3.49.